The van der Waals surface area contributed by atoms with Crippen LogP contribution >= 0.6 is 0 Å². The first kappa shape index (κ1) is 7.54. The van der Waals surface area contributed by atoms with E-state index in [1.807, 2.05) is 0 Å². The molecule has 5 nitrogen and oxygen atoms in total. The number of rotatable bonds is 2. The fraction of sp³-hybridized carbons (Fsp3) is 0.714. The van der Waals surface area contributed by atoms with Crippen LogP contribution < -0.4 is 5.73 Å². The van der Waals surface area contributed by atoms with Gasteiger partial charge in [0.1, 0.15) is 6.33 Å². The van der Waals surface area contributed by atoms with Gasteiger partial charge in [0.15, 0.2) is 0 Å². The third-order valence-corrected chi connectivity index (χ3v) is 1.97. The van der Waals surface area contributed by atoms with E-state index in [4.69, 9.17) is 10.5 Å². The maximum Gasteiger partial charge on any atom is 0.239 e. The molecule has 1 aromatic rings. The number of ether oxygens (including phenoxy) is 1. The fourth-order valence-corrected chi connectivity index (χ4v) is 1.39. The Morgan fingerprint density at radius 2 is 2.67 bits per heavy atom. The van der Waals surface area contributed by atoms with Gasteiger partial charge < -0.3 is 10.5 Å². The molecule has 1 aliphatic heterocycles. The fourth-order valence-electron chi connectivity index (χ4n) is 1.39. The van der Waals surface area contributed by atoms with Crippen molar-refractivity contribution in [3.63, 3.8) is 0 Å². The molecule has 1 aliphatic rings. The molecule has 1 fully saturated rings. The van der Waals surface area contributed by atoms with Crippen molar-refractivity contribution < 1.29 is 4.74 Å². The van der Waals surface area contributed by atoms with Crippen LogP contribution in [0, 0.1) is 0 Å². The van der Waals surface area contributed by atoms with E-state index in [1.165, 1.54) is 0 Å². The summed E-state index contributed by atoms with van der Waals surface area (Å²) in [5, 5.41) is 3.98. The van der Waals surface area contributed by atoms with Gasteiger partial charge in [-0.1, -0.05) is 0 Å². The minimum absolute atomic E-state index is 0.297. The third kappa shape index (κ3) is 1.55. The number of anilines is 1. The zero-order valence-corrected chi connectivity index (χ0v) is 6.81. The lowest BCUT2D eigenvalue weighted by Crippen LogP contribution is -2.15. The first-order valence-electron chi connectivity index (χ1n) is 4.11. The van der Waals surface area contributed by atoms with Gasteiger partial charge in [0.25, 0.3) is 0 Å². The Labute approximate surface area is 70.5 Å². The number of nitrogen functional groups attached to an aromatic ring is 1. The minimum Gasteiger partial charge on any atom is -0.376 e. The van der Waals surface area contributed by atoms with E-state index >= 15 is 0 Å². The van der Waals surface area contributed by atoms with Crippen molar-refractivity contribution in [1.82, 2.24) is 14.8 Å². The molecule has 5 heteroatoms. The summed E-state index contributed by atoms with van der Waals surface area (Å²) >= 11 is 0. The maximum atomic E-state index is 5.44. The van der Waals surface area contributed by atoms with Crippen molar-refractivity contribution in [2.75, 3.05) is 12.3 Å². The summed E-state index contributed by atoms with van der Waals surface area (Å²) in [7, 11) is 0. The quantitative estimate of drug-likeness (QED) is 0.677. The summed E-state index contributed by atoms with van der Waals surface area (Å²) in [6.45, 7) is 1.64. The van der Waals surface area contributed by atoms with Gasteiger partial charge in [-0.2, -0.15) is 0 Å². The molecular weight excluding hydrogens is 156 g/mol. The van der Waals surface area contributed by atoms with E-state index in [0.29, 0.717) is 12.1 Å². The molecule has 1 saturated heterocycles. The second-order valence-electron chi connectivity index (χ2n) is 2.96. The van der Waals surface area contributed by atoms with Crippen molar-refractivity contribution in [2.45, 2.75) is 25.5 Å². The summed E-state index contributed by atoms with van der Waals surface area (Å²) in [4.78, 5) is 3.83. The standard InChI is InChI=1S/C7H12N4O/c8-7-9-5-11(10-7)4-6-2-1-3-12-6/h5-6H,1-4H2,(H2,8,10)/t6-/m1/s1. The highest BCUT2D eigenvalue weighted by molar-refractivity contribution is 5.09. The molecule has 0 bridgehead atoms. The van der Waals surface area contributed by atoms with Gasteiger partial charge >= 0.3 is 0 Å². The van der Waals surface area contributed by atoms with Crippen LogP contribution in [0.1, 0.15) is 12.8 Å². The normalized spacial score (nSPS) is 23.2. The number of nitrogens with zero attached hydrogens (tertiary/aromatic N) is 3. The van der Waals surface area contributed by atoms with Crippen LogP contribution in [0.4, 0.5) is 5.95 Å². The molecule has 0 aliphatic carbocycles. The molecule has 1 atom stereocenters. The second-order valence-corrected chi connectivity index (χ2v) is 2.96. The van der Waals surface area contributed by atoms with E-state index in [1.54, 1.807) is 11.0 Å². The van der Waals surface area contributed by atoms with Crippen molar-refractivity contribution in [3.8, 4) is 0 Å². The number of nitrogens with two attached hydrogens (primary N) is 1. The van der Waals surface area contributed by atoms with E-state index < -0.39 is 0 Å². The average Bonchev–Trinajstić information content (AvgIpc) is 2.63. The van der Waals surface area contributed by atoms with E-state index in [2.05, 4.69) is 10.1 Å². The summed E-state index contributed by atoms with van der Waals surface area (Å²) in [5.41, 5.74) is 5.37. The summed E-state index contributed by atoms with van der Waals surface area (Å²) in [5.74, 6) is 0.327. The van der Waals surface area contributed by atoms with Gasteiger partial charge in [-0.3, -0.25) is 0 Å². The SMILES string of the molecule is Nc1ncn(C[C@H]2CCCO2)n1. The largest absolute Gasteiger partial charge is 0.376 e. The molecule has 66 valence electrons. The Morgan fingerprint density at radius 1 is 1.75 bits per heavy atom. The summed E-state index contributed by atoms with van der Waals surface area (Å²) in [6.07, 6.45) is 4.19. The van der Waals surface area contributed by atoms with E-state index in [-0.39, 0.29) is 0 Å². The van der Waals surface area contributed by atoms with Crippen molar-refractivity contribution in [3.05, 3.63) is 6.33 Å². The van der Waals surface area contributed by atoms with Crippen LogP contribution in [0.2, 0.25) is 0 Å². The predicted molar refractivity (Wildman–Crippen MR) is 43.4 cm³/mol. The first-order valence-corrected chi connectivity index (χ1v) is 4.11. The Balaban J connectivity index is 1.94. The van der Waals surface area contributed by atoms with Gasteiger partial charge in [0.05, 0.1) is 12.6 Å². The first-order chi connectivity index (χ1) is 5.84. The molecule has 12 heavy (non-hydrogen) atoms. The molecule has 0 unspecified atom stereocenters. The Morgan fingerprint density at radius 3 is 3.25 bits per heavy atom. The maximum absolute atomic E-state index is 5.44. The number of hydrogen-bond acceptors (Lipinski definition) is 4. The van der Waals surface area contributed by atoms with Crippen LogP contribution in [0.3, 0.4) is 0 Å². The Hall–Kier alpha value is -1.10. The zero-order valence-electron chi connectivity index (χ0n) is 6.81. The van der Waals surface area contributed by atoms with Gasteiger partial charge in [-0.15, -0.1) is 5.10 Å². The molecule has 2 heterocycles. The molecule has 2 N–H and O–H groups in total. The van der Waals surface area contributed by atoms with E-state index in [9.17, 15) is 0 Å². The average molecular weight is 168 g/mol. The van der Waals surface area contributed by atoms with Crippen LogP contribution in [0.5, 0.6) is 0 Å². The van der Waals surface area contributed by atoms with Crippen LogP contribution in [-0.4, -0.2) is 27.5 Å². The van der Waals surface area contributed by atoms with Crippen molar-refractivity contribution in [2.24, 2.45) is 0 Å². The zero-order chi connectivity index (χ0) is 8.39. The molecule has 0 spiro atoms. The third-order valence-electron chi connectivity index (χ3n) is 1.97. The lowest BCUT2D eigenvalue weighted by molar-refractivity contribution is 0.0940. The lowest BCUT2D eigenvalue weighted by Gasteiger charge is -2.07. The van der Waals surface area contributed by atoms with Gasteiger partial charge in [-0.25, -0.2) is 9.67 Å². The van der Waals surface area contributed by atoms with Gasteiger partial charge in [0, 0.05) is 6.61 Å². The van der Waals surface area contributed by atoms with Crippen LogP contribution in [0.15, 0.2) is 6.33 Å². The Bertz CT molecular complexity index is 254. The van der Waals surface area contributed by atoms with Gasteiger partial charge in [-0.05, 0) is 12.8 Å². The highest BCUT2D eigenvalue weighted by Gasteiger charge is 2.16. The number of aromatic nitrogens is 3. The topological polar surface area (TPSA) is 66.0 Å². The second kappa shape index (κ2) is 3.10. The lowest BCUT2D eigenvalue weighted by atomic mass is 10.2. The van der Waals surface area contributed by atoms with Gasteiger partial charge in [0.2, 0.25) is 5.95 Å². The highest BCUT2D eigenvalue weighted by Crippen LogP contribution is 2.13. The number of hydrogen-bond donors (Lipinski definition) is 1. The smallest absolute Gasteiger partial charge is 0.239 e. The van der Waals surface area contributed by atoms with E-state index in [0.717, 1.165) is 26.0 Å². The summed E-state index contributed by atoms with van der Waals surface area (Å²) < 4.78 is 7.16. The molecule has 0 aromatic carbocycles. The predicted octanol–water partition coefficient (Wildman–Crippen LogP) is 0.0393. The molecule has 0 radical (unpaired) electrons. The molecule has 0 amide bonds. The summed E-state index contributed by atoms with van der Waals surface area (Å²) in [6, 6.07) is 0. The van der Waals surface area contributed by atoms with Crippen molar-refractivity contribution in [1.29, 1.82) is 0 Å². The molecular formula is C7H12N4O. The molecule has 0 saturated carbocycles. The monoisotopic (exact) mass is 168 g/mol. The van der Waals surface area contributed by atoms with Crippen LogP contribution in [0.25, 0.3) is 0 Å². The highest BCUT2D eigenvalue weighted by atomic mass is 16.5. The minimum atomic E-state index is 0.297. The molecule has 2 rings (SSSR count). The Kier molecular flexibility index (Phi) is 1.95. The van der Waals surface area contributed by atoms with Crippen molar-refractivity contribution >= 4 is 5.95 Å². The molecule has 1 aromatic heterocycles. The van der Waals surface area contributed by atoms with Crippen LogP contribution in [-0.2, 0) is 11.3 Å².